The molecule has 108 valence electrons. The molecule has 0 bridgehead atoms. The van der Waals surface area contributed by atoms with E-state index in [9.17, 15) is 0 Å². The number of amidine groups is 1. The molecule has 2 N–H and O–H groups in total. The van der Waals surface area contributed by atoms with E-state index in [0.29, 0.717) is 5.69 Å². The molecule has 0 spiro atoms. The second-order valence-corrected chi connectivity index (χ2v) is 5.25. The highest BCUT2D eigenvalue weighted by molar-refractivity contribution is 7.08. The lowest BCUT2D eigenvalue weighted by atomic mass is 10.1. The fourth-order valence-corrected chi connectivity index (χ4v) is 2.55. The van der Waals surface area contributed by atoms with E-state index in [1.165, 1.54) is 5.56 Å². The Bertz CT molecular complexity index is 781. The second-order valence-electron chi connectivity index (χ2n) is 4.47. The molecule has 0 amide bonds. The molecule has 2 heterocycles. The van der Waals surface area contributed by atoms with Crippen LogP contribution in [0, 0.1) is 5.41 Å². The summed E-state index contributed by atoms with van der Waals surface area (Å²) >= 11 is 1.66. The minimum atomic E-state index is 0.0158. The lowest BCUT2D eigenvalue weighted by Gasteiger charge is -2.02. The van der Waals surface area contributed by atoms with Crippen LogP contribution in [0.25, 0.3) is 11.1 Å². The lowest BCUT2D eigenvalue weighted by Crippen LogP contribution is -1.98. The van der Waals surface area contributed by atoms with Gasteiger partial charge in [-0.1, -0.05) is 23.4 Å². The number of nitrogens with one attached hydrogen (secondary N) is 2. The summed E-state index contributed by atoms with van der Waals surface area (Å²) in [6, 6.07) is 15.3. The number of hydrogen-bond donors (Lipinski definition) is 2. The van der Waals surface area contributed by atoms with Gasteiger partial charge in [0.1, 0.15) is 5.69 Å². The number of aromatic nitrogens is 1. The number of anilines is 1. The molecule has 5 nitrogen and oxygen atoms in total. The zero-order chi connectivity index (χ0) is 15.2. The van der Waals surface area contributed by atoms with Gasteiger partial charge in [0.15, 0.2) is 5.84 Å². The molecule has 0 aliphatic heterocycles. The van der Waals surface area contributed by atoms with Crippen molar-refractivity contribution in [2.24, 2.45) is 10.3 Å². The van der Waals surface area contributed by atoms with Gasteiger partial charge in [-0.3, -0.25) is 15.8 Å². The van der Waals surface area contributed by atoms with Gasteiger partial charge in [0.2, 0.25) is 0 Å². The van der Waals surface area contributed by atoms with Crippen LogP contribution in [0.3, 0.4) is 0 Å². The molecule has 1 aromatic carbocycles. The highest BCUT2D eigenvalue weighted by atomic mass is 32.1. The van der Waals surface area contributed by atoms with Crippen molar-refractivity contribution in [3.8, 4) is 11.1 Å². The molecule has 0 radical (unpaired) electrons. The summed E-state index contributed by atoms with van der Waals surface area (Å²) in [5.74, 6) is 0.0158. The quantitative estimate of drug-likeness (QED) is 0.319. The monoisotopic (exact) mass is 307 g/mol. The van der Waals surface area contributed by atoms with Crippen LogP contribution in [0.2, 0.25) is 0 Å². The molecular weight excluding hydrogens is 294 g/mol. The van der Waals surface area contributed by atoms with E-state index < -0.39 is 0 Å². The molecule has 6 heteroatoms. The topological polar surface area (TPSA) is 73.5 Å². The van der Waals surface area contributed by atoms with Gasteiger partial charge in [-0.05, 0) is 52.2 Å². The third-order valence-electron chi connectivity index (χ3n) is 2.95. The molecule has 0 unspecified atom stereocenters. The van der Waals surface area contributed by atoms with Crippen molar-refractivity contribution in [3.63, 3.8) is 0 Å². The zero-order valence-electron chi connectivity index (χ0n) is 11.6. The van der Waals surface area contributed by atoms with Gasteiger partial charge in [0, 0.05) is 6.20 Å². The first-order valence-corrected chi connectivity index (χ1v) is 7.56. The minimum absolute atomic E-state index is 0.0158. The van der Waals surface area contributed by atoms with Gasteiger partial charge in [-0.25, -0.2) is 0 Å². The van der Waals surface area contributed by atoms with Crippen molar-refractivity contribution >= 4 is 22.9 Å². The molecule has 3 aromatic rings. The van der Waals surface area contributed by atoms with Crippen LogP contribution in [0.15, 0.2) is 75.8 Å². The van der Waals surface area contributed by atoms with Crippen molar-refractivity contribution in [3.05, 3.63) is 71.2 Å². The SMILES string of the molecule is N=C(/N=N\Nc1cccc(-c2ccsc2)c1)c1ccccn1. The van der Waals surface area contributed by atoms with Crippen molar-refractivity contribution in [2.45, 2.75) is 0 Å². The molecule has 3 rings (SSSR count). The normalized spacial score (nSPS) is 10.7. The van der Waals surface area contributed by atoms with Crippen LogP contribution in [0.5, 0.6) is 0 Å². The van der Waals surface area contributed by atoms with Gasteiger partial charge < -0.3 is 0 Å². The molecule has 0 atom stereocenters. The number of rotatable bonds is 4. The Morgan fingerprint density at radius 2 is 2.05 bits per heavy atom. The van der Waals surface area contributed by atoms with Crippen molar-refractivity contribution in [1.29, 1.82) is 5.41 Å². The summed E-state index contributed by atoms with van der Waals surface area (Å²) in [5, 5.41) is 19.6. The van der Waals surface area contributed by atoms with Crippen LogP contribution in [0.1, 0.15) is 5.69 Å². The maximum absolute atomic E-state index is 7.79. The van der Waals surface area contributed by atoms with Gasteiger partial charge in [0.05, 0.1) is 5.69 Å². The van der Waals surface area contributed by atoms with Gasteiger partial charge in [-0.2, -0.15) is 11.3 Å². The summed E-state index contributed by atoms with van der Waals surface area (Å²) in [7, 11) is 0. The predicted octanol–water partition coefficient (Wildman–Crippen LogP) is 4.61. The van der Waals surface area contributed by atoms with Gasteiger partial charge in [-0.15, -0.1) is 5.11 Å². The summed E-state index contributed by atoms with van der Waals surface area (Å²) in [6.07, 6.45) is 1.62. The van der Waals surface area contributed by atoms with Crippen molar-refractivity contribution in [1.82, 2.24) is 4.98 Å². The van der Waals surface area contributed by atoms with Crippen molar-refractivity contribution in [2.75, 3.05) is 5.43 Å². The average molecular weight is 307 g/mol. The third kappa shape index (κ3) is 3.42. The average Bonchev–Trinajstić information content (AvgIpc) is 3.10. The van der Waals surface area contributed by atoms with Crippen molar-refractivity contribution < 1.29 is 0 Å². The minimum Gasteiger partial charge on any atom is -0.279 e. The Labute approximate surface area is 131 Å². The maximum atomic E-state index is 7.79. The van der Waals surface area contributed by atoms with E-state index in [0.717, 1.165) is 11.3 Å². The molecule has 0 saturated carbocycles. The molecule has 0 fully saturated rings. The molecule has 2 aromatic heterocycles. The number of hydrogen-bond acceptors (Lipinski definition) is 4. The van der Waals surface area contributed by atoms with Gasteiger partial charge >= 0.3 is 0 Å². The summed E-state index contributed by atoms with van der Waals surface area (Å²) in [4.78, 5) is 4.05. The Morgan fingerprint density at radius 1 is 1.09 bits per heavy atom. The number of thiophene rings is 1. The standard InChI is InChI=1S/C16H13N5S/c17-16(15-6-1-2-8-18-15)20-21-19-14-5-3-4-12(10-14)13-7-9-22-11-13/h1-11H,(H2,17,19,20). The van der Waals surface area contributed by atoms with E-state index in [1.807, 2.05) is 35.7 Å². The molecule has 0 aliphatic carbocycles. The fourth-order valence-electron chi connectivity index (χ4n) is 1.88. The Hall–Kier alpha value is -2.86. The second kappa shape index (κ2) is 6.73. The fraction of sp³-hybridized carbons (Fsp3) is 0. The van der Waals surface area contributed by atoms with Crippen LogP contribution >= 0.6 is 11.3 Å². The Morgan fingerprint density at radius 3 is 2.82 bits per heavy atom. The summed E-state index contributed by atoms with van der Waals surface area (Å²) in [6.45, 7) is 0. The predicted molar refractivity (Wildman–Crippen MR) is 89.3 cm³/mol. The van der Waals surface area contributed by atoms with Crippen LogP contribution in [0.4, 0.5) is 5.69 Å². The van der Waals surface area contributed by atoms with E-state index in [4.69, 9.17) is 5.41 Å². The van der Waals surface area contributed by atoms with Gasteiger partial charge in [0.25, 0.3) is 0 Å². The highest BCUT2D eigenvalue weighted by Gasteiger charge is 2.01. The number of benzene rings is 1. The highest BCUT2D eigenvalue weighted by Crippen LogP contribution is 2.24. The van der Waals surface area contributed by atoms with E-state index in [2.05, 4.69) is 32.2 Å². The van der Waals surface area contributed by atoms with Crippen LogP contribution in [-0.2, 0) is 0 Å². The van der Waals surface area contributed by atoms with Crippen LogP contribution < -0.4 is 5.43 Å². The first kappa shape index (κ1) is 14.1. The first-order valence-electron chi connectivity index (χ1n) is 6.62. The number of nitrogens with zero attached hydrogens (tertiary/aromatic N) is 3. The summed E-state index contributed by atoms with van der Waals surface area (Å²) < 4.78 is 0. The third-order valence-corrected chi connectivity index (χ3v) is 3.64. The molecule has 0 saturated heterocycles. The largest absolute Gasteiger partial charge is 0.279 e. The molecule has 0 aliphatic rings. The molecular formula is C16H13N5S. The van der Waals surface area contributed by atoms with E-state index in [-0.39, 0.29) is 5.84 Å². The Kier molecular flexibility index (Phi) is 4.31. The zero-order valence-corrected chi connectivity index (χ0v) is 12.4. The smallest absolute Gasteiger partial charge is 0.194 e. The molecule has 22 heavy (non-hydrogen) atoms. The first-order chi connectivity index (χ1) is 10.8. The lowest BCUT2D eigenvalue weighted by molar-refractivity contribution is 1.13. The van der Waals surface area contributed by atoms with Crippen LogP contribution in [-0.4, -0.2) is 10.8 Å². The number of pyridine rings is 1. The summed E-state index contributed by atoms with van der Waals surface area (Å²) in [5.41, 5.74) is 6.43. The van der Waals surface area contributed by atoms with E-state index in [1.54, 1.807) is 29.7 Å². The van der Waals surface area contributed by atoms with E-state index >= 15 is 0 Å². The Balaban J connectivity index is 1.68. The maximum Gasteiger partial charge on any atom is 0.194 e.